The van der Waals surface area contributed by atoms with Crippen LogP contribution in [0, 0.1) is 0 Å². The Hall–Kier alpha value is -1.46. The standard InChI is InChI=1S/C13H9BrO3S/c14-8-1-4-10(5-2-8)18-12-6-3-9(15)7-11(12)13(16)17/h1-7,15H,(H,16,17). The van der Waals surface area contributed by atoms with E-state index in [4.69, 9.17) is 5.11 Å². The normalized spacial score (nSPS) is 10.3. The molecule has 0 heterocycles. The molecule has 5 heteroatoms. The first-order chi connectivity index (χ1) is 8.56. The lowest BCUT2D eigenvalue weighted by atomic mass is 10.2. The van der Waals surface area contributed by atoms with E-state index in [-0.39, 0.29) is 11.3 Å². The molecule has 0 aromatic heterocycles. The number of carboxylic acid groups (broad SMARTS) is 1. The summed E-state index contributed by atoms with van der Waals surface area (Å²) in [6.45, 7) is 0. The van der Waals surface area contributed by atoms with Gasteiger partial charge in [0.25, 0.3) is 0 Å². The molecule has 92 valence electrons. The first-order valence-electron chi connectivity index (χ1n) is 5.06. The van der Waals surface area contributed by atoms with Gasteiger partial charge in [0, 0.05) is 14.3 Å². The summed E-state index contributed by atoms with van der Waals surface area (Å²) in [6.07, 6.45) is 0. The quantitative estimate of drug-likeness (QED) is 0.895. The highest BCUT2D eigenvalue weighted by atomic mass is 79.9. The monoisotopic (exact) mass is 324 g/mol. The van der Waals surface area contributed by atoms with Crippen molar-refractivity contribution in [3.05, 3.63) is 52.5 Å². The van der Waals surface area contributed by atoms with Crippen molar-refractivity contribution in [1.82, 2.24) is 0 Å². The highest BCUT2D eigenvalue weighted by molar-refractivity contribution is 9.10. The molecule has 0 unspecified atom stereocenters. The molecule has 0 saturated carbocycles. The van der Waals surface area contributed by atoms with Crippen LogP contribution in [0.4, 0.5) is 0 Å². The van der Waals surface area contributed by atoms with E-state index in [9.17, 15) is 9.90 Å². The lowest BCUT2D eigenvalue weighted by Crippen LogP contribution is -1.98. The second-order valence-corrected chi connectivity index (χ2v) is 5.57. The Bertz CT molecular complexity index is 581. The van der Waals surface area contributed by atoms with Crippen molar-refractivity contribution >= 4 is 33.7 Å². The Morgan fingerprint density at radius 3 is 2.39 bits per heavy atom. The number of phenolic OH excluding ortho intramolecular Hbond substituents is 1. The maximum absolute atomic E-state index is 11.1. The Kier molecular flexibility index (Phi) is 3.93. The molecule has 2 aromatic rings. The van der Waals surface area contributed by atoms with Crippen molar-refractivity contribution < 1.29 is 15.0 Å². The smallest absolute Gasteiger partial charge is 0.336 e. The van der Waals surface area contributed by atoms with Gasteiger partial charge < -0.3 is 10.2 Å². The summed E-state index contributed by atoms with van der Waals surface area (Å²) >= 11 is 4.69. The third-order valence-corrected chi connectivity index (χ3v) is 3.85. The number of rotatable bonds is 3. The number of hydrogen-bond acceptors (Lipinski definition) is 3. The van der Waals surface area contributed by atoms with Gasteiger partial charge in [0.2, 0.25) is 0 Å². The molecule has 0 aliphatic rings. The average Bonchev–Trinajstić information content (AvgIpc) is 2.34. The van der Waals surface area contributed by atoms with Gasteiger partial charge in [-0.05, 0) is 42.5 Å². The summed E-state index contributed by atoms with van der Waals surface area (Å²) in [7, 11) is 0. The Labute approximate surface area is 117 Å². The fraction of sp³-hybridized carbons (Fsp3) is 0. The zero-order chi connectivity index (χ0) is 13.1. The van der Waals surface area contributed by atoms with Crippen LogP contribution in [0.2, 0.25) is 0 Å². The van der Waals surface area contributed by atoms with Crippen LogP contribution < -0.4 is 0 Å². The van der Waals surface area contributed by atoms with Gasteiger partial charge in [0.15, 0.2) is 0 Å². The average molecular weight is 325 g/mol. The SMILES string of the molecule is O=C(O)c1cc(O)ccc1Sc1ccc(Br)cc1. The molecule has 0 fully saturated rings. The second kappa shape index (κ2) is 5.46. The summed E-state index contributed by atoms with van der Waals surface area (Å²) in [5, 5.41) is 18.4. The van der Waals surface area contributed by atoms with Gasteiger partial charge in [-0.15, -0.1) is 0 Å². The van der Waals surface area contributed by atoms with E-state index in [1.165, 1.54) is 23.9 Å². The molecule has 18 heavy (non-hydrogen) atoms. The van der Waals surface area contributed by atoms with Crippen LogP contribution in [-0.4, -0.2) is 16.2 Å². The van der Waals surface area contributed by atoms with E-state index in [1.807, 2.05) is 24.3 Å². The number of carbonyl (C=O) groups is 1. The molecule has 0 aliphatic heterocycles. The van der Waals surface area contributed by atoms with Gasteiger partial charge in [-0.25, -0.2) is 4.79 Å². The summed E-state index contributed by atoms with van der Waals surface area (Å²) in [5.74, 6) is -1.10. The first kappa shape index (κ1) is 13.0. The van der Waals surface area contributed by atoms with Gasteiger partial charge in [-0.3, -0.25) is 0 Å². The number of phenols is 1. The van der Waals surface area contributed by atoms with E-state index in [1.54, 1.807) is 6.07 Å². The minimum Gasteiger partial charge on any atom is -0.508 e. The molecule has 0 atom stereocenters. The summed E-state index contributed by atoms with van der Waals surface area (Å²) in [5.41, 5.74) is 0.0999. The van der Waals surface area contributed by atoms with Gasteiger partial charge >= 0.3 is 5.97 Å². The molecular formula is C13H9BrO3S. The zero-order valence-electron chi connectivity index (χ0n) is 9.13. The van der Waals surface area contributed by atoms with Gasteiger partial charge in [0.1, 0.15) is 5.75 Å². The van der Waals surface area contributed by atoms with Crippen molar-refractivity contribution in [2.45, 2.75) is 9.79 Å². The van der Waals surface area contributed by atoms with E-state index in [0.29, 0.717) is 4.90 Å². The second-order valence-electron chi connectivity index (χ2n) is 3.54. The number of hydrogen-bond donors (Lipinski definition) is 2. The van der Waals surface area contributed by atoms with E-state index < -0.39 is 5.97 Å². The molecular weight excluding hydrogens is 316 g/mol. The Balaban J connectivity index is 2.34. The fourth-order valence-electron chi connectivity index (χ4n) is 1.40. The van der Waals surface area contributed by atoms with E-state index >= 15 is 0 Å². The molecule has 2 N–H and O–H groups in total. The molecule has 0 amide bonds. The van der Waals surface area contributed by atoms with Crippen LogP contribution in [0.3, 0.4) is 0 Å². The molecule has 3 nitrogen and oxygen atoms in total. The minimum atomic E-state index is -1.05. The maximum atomic E-state index is 11.1. The largest absolute Gasteiger partial charge is 0.508 e. The molecule has 0 radical (unpaired) electrons. The molecule has 0 bridgehead atoms. The van der Waals surface area contributed by atoms with Gasteiger partial charge in [-0.2, -0.15) is 0 Å². The zero-order valence-corrected chi connectivity index (χ0v) is 11.5. The highest BCUT2D eigenvalue weighted by Gasteiger charge is 2.12. The third-order valence-electron chi connectivity index (χ3n) is 2.24. The van der Waals surface area contributed by atoms with Crippen LogP contribution in [0.15, 0.2) is 56.7 Å². The van der Waals surface area contributed by atoms with Crippen molar-refractivity contribution in [3.63, 3.8) is 0 Å². The Morgan fingerprint density at radius 2 is 1.78 bits per heavy atom. The number of aromatic hydroxyl groups is 1. The van der Waals surface area contributed by atoms with E-state index in [2.05, 4.69) is 15.9 Å². The fourth-order valence-corrected chi connectivity index (χ4v) is 2.59. The Morgan fingerprint density at radius 1 is 1.11 bits per heavy atom. The maximum Gasteiger partial charge on any atom is 0.336 e. The number of carboxylic acids is 1. The van der Waals surface area contributed by atoms with Crippen LogP contribution in [-0.2, 0) is 0 Å². The lowest BCUT2D eigenvalue weighted by molar-refractivity contribution is 0.0692. The van der Waals surface area contributed by atoms with Crippen LogP contribution >= 0.6 is 27.7 Å². The molecule has 0 aliphatic carbocycles. The summed E-state index contributed by atoms with van der Waals surface area (Å²) in [4.78, 5) is 12.6. The predicted molar refractivity (Wildman–Crippen MR) is 73.3 cm³/mol. The lowest BCUT2D eigenvalue weighted by Gasteiger charge is -2.06. The number of aromatic carboxylic acids is 1. The summed E-state index contributed by atoms with van der Waals surface area (Å²) < 4.78 is 0.969. The number of halogens is 1. The van der Waals surface area contributed by atoms with Gasteiger partial charge in [-0.1, -0.05) is 27.7 Å². The number of benzene rings is 2. The predicted octanol–water partition coefficient (Wildman–Crippen LogP) is 4.00. The first-order valence-corrected chi connectivity index (χ1v) is 6.67. The third kappa shape index (κ3) is 3.05. The topological polar surface area (TPSA) is 57.5 Å². The summed E-state index contributed by atoms with van der Waals surface area (Å²) in [6, 6.07) is 11.9. The van der Waals surface area contributed by atoms with Crippen LogP contribution in [0.25, 0.3) is 0 Å². The van der Waals surface area contributed by atoms with E-state index in [0.717, 1.165) is 9.37 Å². The van der Waals surface area contributed by atoms with Crippen molar-refractivity contribution in [2.24, 2.45) is 0 Å². The van der Waals surface area contributed by atoms with Crippen LogP contribution in [0.5, 0.6) is 5.75 Å². The molecule has 0 saturated heterocycles. The molecule has 0 spiro atoms. The van der Waals surface area contributed by atoms with Gasteiger partial charge in [0.05, 0.1) is 5.56 Å². The molecule has 2 aromatic carbocycles. The van der Waals surface area contributed by atoms with Crippen molar-refractivity contribution in [2.75, 3.05) is 0 Å². The van der Waals surface area contributed by atoms with Crippen molar-refractivity contribution in [3.8, 4) is 5.75 Å². The molecule has 2 rings (SSSR count). The van der Waals surface area contributed by atoms with Crippen LogP contribution in [0.1, 0.15) is 10.4 Å². The van der Waals surface area contributed by atoms with Crippen molar-refractivity contribution in [1.29, 1.82) is 0 Å². The highest BCUT2D eigenvalue weighted by Crippen LogP contribution is 2.32. The minimum absolute atomic E-state index is 0.0486.